The van der Waals surface area contributed by atoms with E-state index in [1.165, 1.54) is 22.3 Å². The number of hydrogen-bond acceptors (Lipinski definition) is 5. The molecule has 5 nitrogen and oxygen atoms in total. The quantitative estimate of drug-likeness (QED) is 0.0706. The van der Waals surface area contributed by atoms with Gasteiger partial charge in [0, 0.05) is 17.4 Å². The van der Waals surface area contributed by atoms with E-state index in [4.69, 9.17) is 28.0 Å². The fraction of sp³-hybridized carbons (Fsp3) is 0.258. The predicted octanol–water partition coefficient (Wildman–Crippen LogP) is 7.47. The highest BCUT2D eigenvalue weighted by molar-refractivity contribution is 7.18. The van der Waals surface area contributed by atoms with Gasteiger partial charge in [-0.15, -0.1) is 17.3 Å². The minimum Gasteiger partial charge on any atom is -0.489 e. The maximum absolute atomic E-state index is 6.71. The van der Waals surface area contributed by atoms with Gasteiger partial charge in [-0.1, -0.05) is 61.7 Å². The van der Waals surface area contributed by atoms with E-state index in [-0.39, 0.29) is 5.92 Å². The van der Waals surface area contributed by atoms with Crippen molar-refractivity contribution in [2.75, 3.05) is 0 Å². The van der Waals surface area contributed by atoms with Gasteiger partial charge in [0.2, 0.25) is 0 Å². The lowest BCUT2D eigenvalue weighted by Crippen LogP contribution is -2.32. The first-order valence-electron chi connectivity index (χ1n) is 12.5. The summed E-state index contributed by atoms with van der Waals surface area (Å²) in [6.07, 6.45) is 0.495. The summed E-state index contributed by atoms with van der Waals surface area (Å²) >= 11 is 8.39. The van der Waals surface area contributed by atoms with Crippen LogP contribution in [0.25, 0.3) is 21.2 Å². The van der Waals surface area contributed by atoms with Crippen LogP contribution in [0.5, 0.6) is 5.75 Å². The molecule has 5 N–H and O–H groups in total. The van der Waals surface area contributed by atoms with Crippen LogP contribution in [0.4, 0.5) is 0 Å². The van der Waals surface area contributed by atoms with Crippen LogP contribution in [-0.4, -0.2) is 5.84 Å². The molecule has 0 aliphatic heterocycles. The predicted molar refractivity (Wildman–Crippen MR) is 162 cm³/mol. The monoisotopic (exact) mass is 544 g/mol. The minimum atomic E-state index is -0.0799. The van der Waals surface area contributed by atoms with Gasteiger partial charge in [0.15, 0.2) is 0 Å². The van der Waals surface area contributed by atoms with Crippen molar-refractivity contribution in [3.63, 3.8) is 0 Å². The SMILES string of the molecule is CC#CC(C/C(=N/N)NN)c1ccc(OCc2cc(Cl)c3scc(-c4ccc(C(C)C)cc4C)c3c2)cc1. The molecule has 4 aromatic rings. The van der Waals surface area contributed by atoms with Crippen molar-refractivity contribution < 1.29 is 4.74 Å². The second kappa shape index (κ2) is 12.4. The topological polar surface area (TPSA) is 85.7 Å². The van der Waals surface area contributed by atoms with Crippen LogP contribution in [0.3, 0.4) is 0 Å². The Balaban J connectivity index is 1.54. The molecule has 1 aromatic heterocycles. The van der Waals surface area contributed by atoms with Gasteiger partial charge in [-0.3, -0.25) is 0 Å². The summed E-state index contributed by atoms with van der Waals surface area (Å²) in [4.78, 5) is 0. The van der Waals surface area contributed by atoms with Crippen molar-refractivity contribution in [1.29, 1.82) is 0 Å². The molecule has 38 heavy (non-hydrogen) atoms. The molecule has 7 heteroatoms. The Hall–Kier alpha value is -3.50. The molecule has 0 bridgehead atoms. The van der Waals surface area contributed by atoms with Crippen LogP contribution >= 0.6 is 22.9 Å². The number of benzene rings is 3. The number of rotatable bonds is 8. The summed E-state index contributed by atoms with van der Waals surface area (Å²) < 4.78 is 7.23. The van der Waals surface area contributed by atoms with Gasteiger partial charge < -0.3 is 16.0 Å². The zero-order chi connectivity index (χ0) is 27.2. The zero-order valence-electron chi connectivity index (χ0n) is 22.1. The molecular formula is C31H33ClN4OS. The smallest absolute Gasteiger partial charge is 0.137 e. The lowest BCUT2D eigenvalue weighted by Gasteiger charge is -2.14. The molecule has 0 radical (unpaired) electrons. The number of thiophene rings is 1. The summed E-state index contributed by atoms with van der Waals surface area (Å²) in [5.41, 5.74) is 9.65. The fourth-order valence-corrected chi connectivity index (χ4v) is 5.86. The van der Waals surface area contributed by atoms with Gasteiger partial charge in [-0.05, 0) is 77.2 Å². The van der Waals surface area contributed by atoms with Crippen LogP contribution in [0.1, 0.15) is 61.3 Å². The number of aryl methyl sites for hydroxylation is 1. The third-order valence-corrected chi connectivity index (χ3v) is 8.06. The first-order chi connectivity index (χ1) is 18.3. The van der Waals surface area contributed by atoms with Crippen molar-refractivity contribution in [3.8, 4) is 28.7 Å². The van der Waals surface area contributed by atoms with E-state index in [0.29, 0.717) is 24.8 Å². The maximum atomic E-state index is 6.71. The van der Waals surface area contributed by atoms with Gasteiger partial charge in [0.05, 0.1) is 15.6 Å². The molecule has 0 aliphatic rings. The number of nitrogens with one attached hydrogen (secondary N) is 1. The molecule has 3 aromatic carbocycles. The molecule has 4 rings (SSSR count). The maximum Gasteiger partial charge on any atom is 0.137 e. The number of ether oxygens (including phenoxy) is 1. The van der Waals surface area contributed by atoms with Crippen LogP contribution in [0.2, 0.25) is 5.02 Å². The van der Waals surface area contributed by atoms with Crippen molar-refractivity contribution in [2.24, 2.45) is 16.8 Å². The second-order valence-electron chi connectivity index (χ2n) is 9.56. The number of hydrogen-bond donors (Lipinski definition) is 3. The average molecular weight is 545 g/mol. The lowest BCUT2D eigenvalue weighted by molar-refractivity contribution is 0.306. The van der Waals surface area contributed by atoms with Gasteiger partial charge in [0.1, 0.15) is 18.2 Å². The Morgan fingerprint density at radius 3 is 2.45 bits per heavy atom. The van der Waals surface area contributed by atoms with Crippen LogP contribution in [0.15, 0.2) is 65.1 Å². The van der Waals surface area contributed by atoms with Crippen LogP contribution in [0, 0.1) is 18.8 Å². The van der Waals surface area contributed by atoms with E-state index in [0.717, 1.165) is 32.0 Å². The second-order valence-corrected chi connectivity index (χ2v) is 10.8. The molecule has 0 fully saturated rings. The first kappa shape index (κ1) is 27.5. The van der Waals surface area contributed by atoms with E-state index in [9.17, 15) is 0 Å². The van der Waals surface area contributed by atoms with Gasteiger partial charge in [0.25, 0.3) is 0 Å². The molecule has 0 aliphatic carbocycles. The Bertz CT molecular complexity index is 1510. The molecule has 1 atom stereocenters. The Morgan fingerprint density at radius 2 is 1.82 bits per heavy atom. The van der Waals surface area contributed by atoms with Crippen LogP contribution in [-0.2, 0) is 6.61 Å². The number of nitrogens with two attached hydrogens (primary N) is 2. The number of nitrogens with zero attached hydrogens (tertiary/aromatic N) is 1. The molecule has 0 saturated carbocycles. The van der Waals surface area contributed by atoms with Crippen molar-refractivity contribution >= 4 is 38.9 Å². The number of amidine groups is 1. The lowest BCUT2D eigenvalue weighted by atomic mass is 9.94. The third-order valence-electron chi connectivity index (χ3n) is 6.62. The highest BCUT2D eigenvalue weighted by atomic mass is 35.5. The van der Waals surface area contributed by atoms with Gasteiger partial charge in [-0.2, -0.15) is 5.10 Å². The third kappa shape index (κ3) is 6.14. The summed E-state index contributed by atoms with van der Waals surface area (Å²) in [5, 5.41) is 7.78. The number of hydrazone groups is 1. The Morgan fingerprint density at radius 1 is 1.08 bits per heavy atom. The molecule has 196 valence electrons. The van der Waals surface area contributed by atoms with E-state index in [1.54, 1.807) is 11.3 Å². The molecule has 1 unspecified atom stereocenters. The van der Waals surface area contributed by atoms with Crippen molar-refractivity contribution in [1.82, 2.24) is 5.43 Å². The first-order valence-corrected chi connectivity index (χ1v) is 13.8. The van der Waals surface area contributed by atoms with Crippen LogP contribution < -0.4 is 21.8 Å². The average Bonchev–Trinajstić information content (AvgIpc) is 3.34. The summed E-state index contributed by atoms with van der Waals surface area (Å²) in [6, 6.07) is 18.8. The molecule has 0 spiro atoms. The van der Waals surface area contributed by atoms with Crippen molar-refractivity contribution in [3.05, 3.63) is 87.3 Å². The van der Waals surface area contributed by atoms with E-state index < -0.39 is 0 Å². The number of fused-ring (bicyclic) bond motifs is 1. The van der Waals surface area contributed by atoms with E-state index in [1.807, 2.05) is 37.3 Å². The largest absolute Gasteiger partial charge is 0.489 e. The highest BCUT2D eigenvalue weighted by Gasteiger charge is 2.15. The normalized spacial score (nSPS) is 12.3. The summed E-state index contributed by atoms with van der Waals surface area (Å²) in [7, 11) is 0. The standard InChI is InChI=1S/C31H33ClN4OS/c1-5-6-24(16-30(35-33)36-34)22-7-10-25(11-8-22)37-17-21-14-27-28(18-38-31(27)29(32)15-21)26-12-9-23(19(2)3)13-20(26)4/h7-15,18-19,24H,16-17,33-34H2,1-4H3,(H,35,36). The van der Waals surface area contributed by atoms with E-state index >= 15 is 0 Å². The zero-order valence-corrected chi connectivity index (χ0v) is 23.7. The summed E-state index contributed by atoms with van der Waals surface area (Å²) in [6.45, 7) is 8.84. The Labute approximate surface area is 233 Å². The van der Waals surface area contributed by atoms with Gasteiger partial charge in [-0.25, -0.2) is 5.84 Å². The Kier molecular flexibility index (Phi) is 8.96. The minimum absolute atomic E-state index is 0.0799. The van der Waals surface area contributed by atoms with E-state index in [2.05, 4.69) is 72.8 Å². The highest BCUT2D eigenvalue weighted by Crippen LogP contribution is 2.40. The summed E-state index contributed by atoms with van der Waals surface area (Å²) in [5.74, 6) is 18.7. The number of halogens is 1. The van der Waals surface area contributed by atoms with Crippen molar-refractivity contribution in [2.45, 2.75) is 52.6 Å². The molecule has 1 heterocycles. The number of hydrazine groups is 1. The molecule has 0 saturated heterocycles. The molecule has 0 amide bonds. The van der Waals surface area contributed by atoms with Gasteiger partial charge >= 0.3 is 0 Å². The fourth-order valence-electron chi connectivity index (χ4n) is 4.52. The molecular weight excluding hydrogens is 512 g/mol.